The summed E-state index contributed by atoms with van der Waals surface area (Å²) in [6.07, 6.45) is 5.47. The van der Waals surface area contributed by atoms with Crippen LogP contribution in [0, 0.1) is 0 Å². The minimum Gasteiger partial charge on any atom is -0.376 e. The van der Waals surface area contributed by atoms with E-state index in [0.717, 1.165) is 27.4 Å². The number of aliphatic hydroxyl groups is 1. The number of nitrogens with one attached hydrogen (secondary N) is 1. The van der Waals surface area contributed by atoms with Crippen LogP contribution in [0.15, 0.2) is 108 Å². The Hall–Kier alpha value is -4.19. The molecule has 1 aliphatic rings. The quantitative estimate of drug-likeness (QED) is 0.336. The van der Waals surface area contributed by atoms with Crippen LogP contribution in [0.2, 0.25) is 5.02 Å². The van der Waals surface area contributed by atoms with Gasteiger partial charge in [-0.05, 0) is 47.6 Å². The molecule has 2 N–H and O–H groups in total. The summed E-state index contributed by atoms with van der Waals surface area (Å²) in [5.74, 6) is -0.222. The molecule has 0 aliphatic heterocycles. The van der Waals surface area contributed by atoms with Gasteiger partial charge in [-0.25, -0.2) is 0 Å². The Bertz CT molecular complexity index is 1760. The maximum absolute atomic E-state index is 13.8. The van der Waals surface area contributed by atoms with E-state index in [9.17, 15) is 14.7 Å². The molecule has 0 saturated heterocycles. The third-order valence-corrected chi connectivity index (χ3v) is 7.05. The van der Waals surface area contributed by atoms with Crippen molar-refractivity contribution in [3.63, 3.8) is 0 Å². The normalized spacial score (nSPS) is 14.7. The van der Waals surface area contributed by atoms with E-state index in [1.165, 1.54) is 24.3 Å². The first-order valence-electron chi connectivity index (χ1n) is 11.6. The number of hydrogen-bond acceptors (Lipinski definition) is 3. The second-order valence-corrected chi connectivity index (χ2v) is 9.29. The molecule has 0 radical (unpaired) electrons. The lowest BCUT2D eigenvalue weighted by Gasteiger charge is -2.26. The number of pyridine rings is 1. The fourth-order valence-corrected chi connectivity index (χ4v) is 5.20. The van der Waals surface area contributed by atoms with E-state index in [1.54, 1.807) is 0 Å². The zero-order chi connectivity index (χ0) is 24.9. The lowest BCUT2D eigenvalue weighted by molar-refractivity contribution is -0.110. The summed E-state index contributed by atoms with van der Waals surface area (Å²) in [6, 6.07) is 25.1. The molecule has 0 spiro atoms. The number of carbonyl (C=O) groups excluding carboxylic acids is 1. The lowest BCUT2D eigenvalue weighted by atomic mass is 9.86. The predicted octanol–water partition coefficient (Wildman–Crippen LogP) is 5.73. The van der Waals surface area contributed by atoms with Gasteiger partial charge in [-0.1, -0.05) is 78.3 Å². The van der Waals surface area contributed by atoms with Crippen molar-refractivity contribution in [3.8, 4) is 11.1 Å². The second-order valence-electron chi connectivity index (χ2n) is 8.88. The van der Waals surface area contributed by atoms with Crippen molar-refractivity contribution in [2.75, 3.05) is 0 Å². The van der Waals surface area contributed by atoms with Gasteiger partial charge in [-0.2, -0.15) is 0 Å². The van der Waals surface area contributed by atoms with E-state index in [0.29, 0.717) is 28.3 Å². The number of nitrogens with zero attached hydrogens (tertiary/aromatic N) is 1. The van der Waals surface area contributed by atoms with E-state index in [-0.39, 0.29) is 11.3 Å². The first kappa shape index (κ1) is 22.3. The molecule has 5 nitrogen and oxygen atoms in total. The summed E-state index contributed by atoms with van der Waals surface area (Å²) in [5, 5.41) is 13.9. The third kappa shape index (κ3) is 3.52. The van der Waals surface area contributed by atoms with Crippen molar-refractivity contribution in [1.82, 2.24) is 9.55 Å². The summed E-state index contributed by atoms with van der Waals surface area (Å²) in [5.41, 5.74) is 2.11. The monoisotopic (exact) mass is 492 g/mol. The van der Waals surface area contributed by atoms with Crippen LogP contribution in [0.1, 0.15) is 11.3 Å². The largest absolute Gasteiger partial charge is 0.376 e. The summed E-state index contributed by atoms with van der Waals surface area (Å²) >= 11 is 6.49. The molecular weight excluding hydrogens is 472 g/mol. The number of benzene rings is 3. The van der Waals surface area contributed by atoms with Gasteiger partial charge in [0.25, 0.3) is 5.56 Å². The third-order valence-electron chi connectivity index (χ3n) is 6.68. The number of aromatic nitrogens is 2. The lowest BCUT2D eigenvalue weighted by Crippen LogP contribution is -2.29. The molecule has 0 fully saturated rings. The van der Waals surface area contributed by atoms with Crippen LogP contribution in [0.25, 0.3) is 32.9 Å². The Morgan fingerprint density at radius 1 is 0.861 bits per heavy atom. The Morgan fingerprint density at radius 3 is 2.28 bits per heavy atom. The van der Waals surface area contributed by atoms with Crippen molar-refractivity contribution in [3.05, 3.63) is 130 Å². The van der Waals surface area contributed by atoms with Crippen LogP contribution < -0.4 is 5.56 Å². The molecule has 0 atom stereocenters. The van der Waals surface area contributed by atoms with Crippen LogP contribution in [0.5, 0.6) is 0 Å². The number of fused-ring (bicyclic) bond motifs is 3. The Kier molecular flexibility index (Phi) is 5.25. The summed E-state index contributed by atoms with van der Waals surface area (Å²) in [4.78, 5) is 28.6. The molecule has 5 aromatic rings. The maximum Gasteiger partial charge on any atom is 0.272 e. The molecule has 6 heteroatoms. The predicted molar refractivity (Wildman–Crippen MR) is 143 cm³/mol. The van der Waals surface area contributed by atoms with Gasteiger partial charge in [0.1, 0.15) is 11.1 Å². The van der Waals surface area contributed by atoms with Gasteiger partial charge < -0.3 is 14.7 Å². The van der Waals surface area contributed by atoms with Crippen LogP contribution in [0.4, 0.5) is 0 Å². The number of ketones is 1. The van der Waals surface area contributed by atoms with E-state index >= 15 is 0 Å². The van der Waals surface area contributed by atoms with Gasteiger partial charge in [0.2, 0.25) is 0 Å². The van der Waals surface area contributed by atoms with Crippen molar-refractivity contribution < 1.29 is 9.90 Å². The SMILES string of the molecule is O=C1C=CC(O)(c2[nH]c(=O)c3c(c2-c2ccccc2)c2ccccc2n3Cc2ccccc2Cl)C=C1. The highest BCUT2D eigenvalue weighted by Gasteiger charge is 2.33. The zero-order valence-electron chi connectivity index (χ0n) is 19.1. The molecule has 0 amide bonds. The number of H-pyrrole nitrogens is 1. The van der Waals surface area contributed by atoms with Crippen molar-refractivity contribution in [2.45, 2.75) is 12.1 Å². The minimum atomic E-state index is -1.65. The molecule has 6 rings (SSSR count). The summed E-state index contributed by atoms with van der Waals surface area (Å²) in [7, 11) is 0. The molecule has 2 aromatic heterocycles. The van der Waals surface area contributed by atoms with Crippen LogP contribution in [-0.2, 0) is 16.9 Å². The van der Waals surface area contributed by atoms with Gasteiger partial charge in [0.05, 0.1) is 5.69 Å². The van der Waals surface area contributed by atoms with Gasteiger partial charge in [0.15, 0.2) is 5.78 Å². The van der Waals surface area contributed by atoms with Crippen molar-refractivity contribution in [2.24, 2.45) is 0 Å². The van der Waals surface area contributed by atoms with Crippen LogP contribution in [0.3, 0.4) is 0 Å². The number of carbonyl (C=O) groups is 1. The van der Waals surface area contributed by atoms with E-state index in [1.807, 2.05) is 83.4 Å². The summed E-state index contributed by atoms with van der Waals surface area (Å²) in [6.45, 7) is 0.402. The number of rotatable bonds is 4. The number of para-hydroxylation sites is 1. The molecular formula is C30H21ClN2O3. The van der Waals surface area contributed by atoms with Gasteiger partial charge in [0, 0.05) is 33.4 Å². The Morgan fingerprint density at radius 2 is 1.53 bits per heavy atom. The number of aromatic amines is 1. The second kappa shape index (κ2) is 8.48. The highest BCUT2D eigenvalue weighted by Crippen LogP contribution is 2.41. The standard InChI is InChI=1S/C30H21ClN2O3/c31-23-12-6-4-10-20(23)18-33-24-13-7-5-11-22(24)26-25(19-8-2-1-3-9-19)28(32-29(35)27(26)33)30(36)16-14-21(34)15-17-30/h1-17,36H,18H2,(H,32,35). The zero-order valence-corrected chi connectivity index (χ0v) is 19.9. The topological polar surface area (TPSA) is 75.1 Å². The summed E-state index contributed by atoms with van der Waals surface area (Å²) < 4.78 is 1.97. The molecule has 176 valence electrons. The van der Waals surface area contributed by atoms with Gasteiger partial charge >= 0.3 is 0 Å². The van der Waals surface area contributed by atoms with E-state index in [4.69, 9.17) is 11.6 Å². The van der Waals surface area contributed by atoms with Gasteiger partial charge in [-0.3, -0.25) is 9.59 Å². The fourth-order valence-electron chi connectivity index (χ4n) is 5.00. The molecule has 0 bridgehead atoms. The molecule has 0 saturated carbocycles. The number of allylic oxidation sites excluding steroid dienone is 2. The van der Waals surface area contributed by atoms with Crippen molar-refractivity contribution in [1.29, 1.82) is 0 Å². The average Bonchev–Trinajstić information content (AvgIpc) is 3.22. The highest BCUT2D eigenvalue weighted by atomic mass is 35.5. The van der Waals surface area contributed by atoms with Crippen LogP contribution in [-0.4, -0.2) is 20.4 Å². The van der Waals surface area contributed by atoms with Crippen LogP contribution >= 0.6 is 11.6 Å². The minimum absolute atomic E-state index is 0.222. The molecule has 3 aromatic carbocycles. The van der Waals surface area contributed by atoms with E-state index in [2.05, 4.69) is 4.98 Å². The average molecular weight is 493 g/mol. The molecule has 0 unspecified atom stereocenters. The Labute approximate surface area is 211 Å². The smallest absolute Gasteiger partial charge is 0.272 e. The first-order chi connectivity index (χ1) is 17.5. The molecule has 36 heavy (non-hydrogen) atoms. The van der Waals surface area contributed by atoms with Gasteiger partial charge in [-0.15, -0.1) is 0 Å². The Balaban J connectivity index is 1.76. The molecule has 1 aliphatic carbocycles. The number of halogens is 1. The first-order valence-corrected chi connectivity index (χ1v) is 12.0. The highest BCUT2D eigenvalue weighted by molar-refractivity contribution is 6.31. The fraction of sp³-hybridized carbons (Fsp3) is 0.0667. The van der Waals surface area contributed by atoms with E-state index < -0.39 is 5.60 Å². The number of hydrogen-bond donors (Lipinski definition) is 2. The molecule has 2 heterocycles. The van der Waals surface area contributed by atoms with Crippen molar-refractivity contribution >= 4 is 39.2 Å². The maximum atomic E-state index is 13.8.